The van der Waals surface area contributed by atoms with Crippen molar-refractivity contribution in [3.05, 3.63) is 18.2 Å². The molecule has 7 nitrogen and oxygen atoms in total. The second-order valence-corrected chi connectivity index (χ2v) is 3.77. The highest BCUT2D eigenvalue weighted by molar-refractivity contribution is 5.80. The van der Waals surface area contributed by atoms with Gasteiger partial charge in [0.05, 0.1) is 13.2 Å². The molecule has 7 heteroatoms. The van der Waals surface area contributed by atoms with Crippen LogP contribution in [0.3, 0.4) is 0 Å². The number of aryl methyl sites for hydroxylation is 1. The summed E-state index contributed by atoms with van der Waals surface area (Å²) in [7, 11) is 3.49. The summed E-state index contributed by atoms with van der Waals surface area (Å²) in [5.41, 5.74) is 0. The van der Waals surface area contributed by atoms with Crippen LogP contribution in [0.4, 0.5) is 4.79 Å². The van der Waals surface area contributed by atoms with Crippen molar-refractivity contribution < 1.29 is 14.3 Å². The van der Waals surface area contributed by atoms with E-state index in [-0.39, 0.29) is 12.6 Å². The van der Waals surface area contributed by atoms with Crippen LogP contribution in [0.25, 0.3) is 0 Å². The summed E-state index contributed by atoms with van der Waals surface area (Å²) >= 11 is 0. The second kappa shape index (κ2) is 6.63. The summed E-state index contributed by atoms with van der Waals surface area (Å²) < 4.78 is 6.54. The SMILES string of the molecule is CCOC(=O)CNC(=O)N(C)Cc1nccn1C. The molecule has 0 radical (unpaired) electrons. The van der Waals surface area contributed by atoms with Gasteiger partial charge in [-0.05, 0) is 6.92 Å². The van der Waals surface area contributed by atoms with Crippen LogP contribution in [0.15, 0.2) is 12.4 Å². The van der Waals surface area contributed by atoms with Crippen molar-refractivity contribution in [2.75, 3.05) is 20.2 Å². The van der Waals surface area contributed by atoms with E-state index in [0.29, 0.717) is 13.2 Å². The number of rotatable bonds is 5. The molecule has 0 aliphatic carbocycles. The summed E-state index contributed by atoms with van der Waals surface area (Å²) in [5.74, 6) is 0.319. The van der Waals surface area contributed by atoms with E-state index in [0.717, 1.165) is 5.82 Å². The topological polar surface area (TPSA) is 76.5 Å². The molecule has 0 aliphatic heterocycles. The number of hydrogen-bond donors (Lipinski definition) is 1. The maximum Gasteiger partial charge on any atom is 0.325 e. The maximum absolute atomic E-state index is 11.7. The first kappa shape index (κ1) is 14.0. The summed E-state index contributed by atoms with van der Waals surface area (Å²) in [6, 6.07) is -0.342. The molecule has 1 aromatic rings. The molecule has 0 saturated carbocycles. The van der Waals surface area contributed by atoms with Gasteiger partial charge in [-0.3, -0.25) is 4.79 Å². The monoisotopic (exact) mass is 254 g/mol. The van der Waals surface area contributed by atoms with E-state index in [1.54, 1.807) is 26.4 Å². The molecular formula is C11H18N4O3. The molecular weight excluding hydrogens is 236 g/mol. The number of hydrogen-bond acceptors (Lipinski definition) is 4. The Balaban J connectivity index is 2.38. The predicted octanol–water partition coefficient (Wildman–Crippen LogP) is 0.125. The number of aromatic nitrogens is 2. The zero-order valence-corrected chi connectivity index (χ0v) is 10.8. The van der Waals surface area contributed by atoms with E-state index in [1.165, 1.54) is 4.90 Å². The number of urea groups is 1. The third-order valence-corrected chi connectivity index (χ3v) is 2.34. The molecule has 18 heavy (non-hydrogen) atoms. The third kappa shape index (κ3) is 4.08. The van der Waals surface area contributed by atoms with E-state index >= 15 is 0 Å². The highest BCUT2D eigenvalue weighted by atomic mass is 16.5. The van der Waals surface area contributed by atoms with Gasteiger partial charge in [-0.1, -0.05) is 0 Å². The Morgan fingerprint density at radius 3 is 2.83 bits per heavy atom. The number of nitrogens with zero attached hydrogens (tertiary/aromatic N) is 3. The Morgan fingerprint density at radius 1 is 1.56 bits per heavy atom. The zero-order valence-electron chi connectivity index (χ0n) is 10.8. The van der Waals surface area contributed by atoms with Gasteiger partial charge in [0.25, 0.3) is 0 Å². The quantitative estimate of drug-likeness (QED) is 0.757. The Hall–Kier alpha value is -2.05. The van der Waals surface area contributed by atoms with Gasteiger partial charge in [0.1, 0.15) is 12.4 Å². The van der Waals surface area contributed by atoms with Gasteiger partial charge in [-0.2, -0.15) is 0 Å². The van der Waals surface area contributed by atoms with Crippen LogP contribution in [0.1, 0.15) is 12.7 Å². The Labute approximate surface area is 106 Å². The Kier molecular flexibility index (Phi) is 5.16. The number of nitrogens with one attached hydrogen (secondary N) is 1. The van der Waals surface area contributed by atoms with Gasteiger partial charge < -0.3 is 19.5 Å². The minimum absolute atomic E-state index is 0.127. The van der Waals surface area contributed by atoms with Gasteiger partial charge in [0, 0.05) is 26.5 Å². The molecule has 0 fully saturated rings. The molecule has 0 atom stereocenters. The molecule has 1 heterocycles. The minimum atomic E-state index is -0.448. The van der Waals surface area contributed by atoms with Crippen molar-refractivity contribution in [1.82, 2.24) is 19.8 Å². The summed E-state index contributed by atoms with van der Waals surface area (Å²) in [4.78, 5) is 28.3. The van der Waals surface area contributed by atoms with Gasteiger partial charge in [-0.15, -0.1) is 0 Å². The van der Waals surface area contributed by atoms with Crippen LogP contribution < -0.4 is 5.32 Å². The van der Waals surface area contributed by atoms with E-state index in [4.69, 9.17) is 4.74 Å². The molecule has 2 amide bonds. The lowest BCUT2D eigenvalue weighted by Crippen LogP contribution is -2.40. The molecule has 0 aliphatic rings. The smallest absolute Gasteiger partial charge is 0.325 e. The number of amides is 2. The zero-order chi connectivity index (χ0) is 13.5. The molecule has 0 bridgehead atoms. The van der Waals surface area contributed by atoms with Gasteiger partial charge in [0.15, 0.2) is 0 Å². The molecule has 1 aromatic heterocycles. The lowest BCUT2D eigenvalue weighted by molar-refractivity contribution is -0.141. The number of carbonyl (C=O) groups is 2. The first-order valence-corrected chi connectivity index (χ1v) is 5.65. The molecule has 1 N–H and O–H groups in total. The number of imidazole rings is 1. The molecule has 100 valence electrons. The van der Waals surface area contributed by atoms with Gasteiger partial charge >= 0.3 is 12.0 Å². The third-order valence-electron chi connectivity index (χ3n) is 2.34. The van der Waals surface area contributed by atoms with Crippen LogP contribution in [0.5, 0.6) is 0 Å². The summed E-state index contributed by atoms with van der Waals surface area (Å²) in [6.45, 7) is 2.26. The number of esters is 1. The fourth-order valence-electron chi connectivity index (χ4n) is 1.33. The van der Waals surface area contributed by atoms with Crippen LogP contribution in [0, 0.1) is 0 Å². The van der Waals surface area contributed by atoms with Gasteiger partial charge in [-0.25, -0.2) is 9.78 Å². The molecule has 1 rings (SSSR count). The fraction of sp³-hybridized carbons (Fsp3) is 0.545. The standard InChI is InChI=1S/C11H18N4O3/c1-4-18-10(16)7-13-11(17)15(3)8-9-12-5-6-14(9)2/h5-6H,4,7-8H2,1-3H3,(H,13,17). The van der Waals surface area contributed by atoms with Crippen molar-refractivity contribution in [2.45, 2.75) is 13.5 Å². The first-order chi connectivity index (χ1) is 8.54. The summed E-state index contributed by atoms with van der Waals surface area (Å²) in [5, 5.41) is 2.47. The lowest BCUT2D eigenvalue weighted by atomic mass is 10.5. The van der Waals surface area contributed by atoms with Crippen LogP contribution in [0.2, 0.25) is 0 Å². The van der Waals surface area contributed by atoms with Crippen molar-refractivity contribution in [2.24, 2.45) is 7.05 Å². The van der Waals surface area contributed by atoms with Crippen molar-refractivity contribution in [3.8, 4) is 0 Å². The molecule has 0 spiro atoms. The first-order valence-electron chi connectivity index (χ1n) is 5.65. The normalized spacial score (nSPS) is 9.94. The Morgan fingerprint density at radius 2 is 2.28 bits per heavy atom. The average molecular weight is 254 g/mol. The van der Waals surface area contributed by atoms with Crippen LogP contribution >= 0.6 is 0 Å². The van der Waals surface area contributed by atoms with E-state index in [1.807, 2.05) is 11.6 Å². The predicted molar refractivity (Wildman–Crippen MR) is 64.7 cm³/mol. The molecule has 0 aromatic carbocycles. The maximum atomic E-state index is 11.7. The Bertz CT molecular complexity index is 416. The number of carbonyl (C=O) groups excluding carboxylic acids is 2. The lowest BCUT2D eigenvalue weighted by Gasteiger charge is -2.17. The van der Waals surface area contributed by atoms with Crippen molar-refractivity contribution in [1.29, 1.82) is 0 Å². The minimum Gasteiger partial charge on any atom is -0.465 e. The van der Waals surface area contributed by atoms with Crippen LogP contribution in [-0.2, 0) is 23.1 Å². The largest absolute Gasteiger partial charge is 0.465 e. The summed E-state index contributed by atoms with van der Waals surface area (Å²) in [6.07, 6.45) is 3.47. The van der Waals surface area contributed by atoms with Gasteiger partial charge in [0.2, 0.25) is 0 Å². The highest BCUT2D eigenvalue weighted by Crippen LogP contribution is 1.99. The van der Waals surface area contributed by atoms with Crippen molar-refractivity contribution >= 4 is 12.0 Å². The fourth-order valence-corrected chi connectivity index (χ4v) is 1.33. The average Bonchev–Trinajstić information content (AvgIpc) is 2.72. The second-order valence-electron chi connectivity index (χ2n) is 3.77. The highest BCUT2D eigenvalue weighted by Gasteiger charge is 2.12. The molecule has 0 saturated heterocycles. The van der Waals surface area contributed by atoms with Crippen molar-refractivity contribution in [3.63, 3.8) is 0 Å². The number of ether oxygens (including phenoxy) is 1. The van der Waals surface area contributed by atoms with E-state index in [9.17, 15) is 9.59 Å². The van der Waals surface area contributed by atoms with E-state index < -0.39 is 5.97 Å². The van der Waals surface area contributed by atoms with E-state index in [2.05, 4.69) is 10.3 Å². The molecule has 0 unspecified atom stereocenters. The van der Waals surface area contributed by atoms with Crippen LogP contribution in [-0.4, -0.2) is 46.7 Å².